The van der Waals surface area contributed by atoms with E-state index >= 15 is 0 Å². The molecule has 1 saturated heterocycles. The monoisotopic (exact) mass is 347 g/mol. The van der Waals surface area contributed by atoms with Gasteiger partial charge in [0.2, 0.25) is 0 Å². The smallest absolute Gasteiger partial charge is 0.497 e. The van der Waals surface area contributed by atoms with Crippen molar-refractivity contribution in [3.05, 3.63) is 23.8 Å². The van der Waals surface area contributed by atoms with Gasteiger partial charge < -0.3 is 19.5 Å². The maximum absolute atomic E-state index is 12.5. The normalized spacial score (nSPS) is 20.3. The van der Waals surface area contributed by atoms with E-state index in [1.165, 1.54) is 19.2 Å². The lowest BCUT2D eigenvalue weighted by atomic mass is 9.93. The highest BCUT2D eigenvalue weighted by Crippen LogP contribution is 2.30. The highest BCUT2D eigenvalue weighted by molar-refractivity contribution is 5.97. The fourth-order valence-electron chi connectivity index (χ4n) is 2.65. The molecule has 0 radical (unpaired) electrons. The molecule has 1 heterocycles. The van der Waals surface area contributed by atoms with E-state index in [4.69, 9.17) is 9.47 Å². The van der Waals surface area contributed by atoms with Gasteiger partial charge in [0, 0.05) is 12.6 Å². The highest BCUT2D eigenvalue weighted by Gasteiger charge is 2.34. The zero-order chi connectivity index (χ0) is 18.0. The molecule has 2 rings (SSSR count). The quantitative estimate of drug-likeness (QED) is 0.908. The number of carbonyl (C=O) groups excluding carboxylic acids is 1. The van der Waals surface area contributed by atoms with Crippen molar-refractivity contribution in [1.82, 2.24) is 5.32 Å². The highest BCUT2D eigenvalue weighted by atomic mass is 19.4. The van der Waals surface area contributed by atoms with Crippen molar-refractivity contribution >= 4 is 5.91 Å². The van der Waals surface area contributed by atoms with Crippen molar-refractivity contribution in [2.75, 3.05) is 13.7 Å². The number of alkyl halides is 3. The summed E-state index contributed by atoms with van der Waals surface area (Å²) in [6.45, 7) is 4.27. The second-order valence-corrected chi connectivity index (χ2v) is 6.18. The predicted molar refractivity (Wildman–Crippen MR) is 80.2 cm³/mol. The number of methoxy groups -OCH3 is 1. The molecule has 0 bridgehead atoms. The summed E-state index contributed by atoms with van der Waals surface area (Å²) in [4.78, 5) is 12.4. The maximum atomic E-state index is 12.5. The van der Waals surface area contributed by atoms with Crippen molar-refractivity contribution in [3.63, 3.8) is 0 Å². The van der Waals surface area contributed by atoms with Gasteiger partial charge in [-0.05, 0) is 44.9 Å². The molecular weight excluding hydrogens is 327 g/mol. The minimum absolute atomic E-state index is 0.189. The molecule has 1 unspecified atom stereocenters. The lowest BCUT2D eigenvalue weighted by molar-refractivity contribution is -0.274. The third kappa shape index (κ3) is 5.02. The number of ether oxygens (including phenoxy) is 3. The molecule has 0 saturated carbocycles. The van der Waals surface area contributed by atoms with Gasteiger partial charge in [0.1, 0.15) is 11.5 Å². The molecule has 1 aromatic rings. The second-order valence-electron chi connectivity index (χ2n) is 6.18. The summed E-state index contributed by atoms with van der Waals surface area (Å²) in [6, 6.07) is 3.40. The van der Waals surface area contributed by atoms with Crippen LogP contribution in [0.3, 0.4) is 0 Å². The van der Waals surface area contributed by atoms with E-state index in [2.05, 4.69) is 10.1 Å². The van der Waals surface area contributed by atoms with Gasteiger partial charge in [0.05, 0.1) is 18.3 Å². The number of benzene rings is 1. The van der Waals surface area contributed by atoms with Crippen molar-refractivity contribution in [2.45, 2.75) is 44.7 Å². The summed E-state index contributed by atoms with van der Waals surface area (Å²) in [5.74, 6) is -0.940. The van der Waals surface area contributed by atoms with Crippen LogP contribution in [-0.2, 0) is 4.74 Å². The average molecular weight is 347 g/mol. The van der Waals surface area contributed by atoms with Crippen LogP contribution < -0.4 is 14.8 Å². The number of amides is 1. The molecule has 134 valence electrons. The molecule has 5 nitrogen and oxygen atoms in total. The molecule has 1 aliphatic rings. The summed E-state index contributed by atoms with van der Waals surface area (Å²) >= 11 is 0. The lowest BCUT2D eigenvalue weighted by Gasteiger charge is -2.35. The molecule has 0 aromatic heterocycles. The fraction of sp³-hybridized carbons (Fsp3) is 0.562. The van der Waals surface area contributed by atoms with E-state index in [1.807, 2.05) is 13.8 Å². The van der Waals surface area contributed by atoms with Gasteiger partial charge in [-0.2, -0.15) is 0 Å². The summed E-state index contributed by atoms with van der Waals surface area (Å²) in [5, 5.41) is 2.75. The van der Waals surface area contributed by atoms with Crippen LogP contribution in [-0.4, -0.2) is 37.6 Å². The van der Waals surface area contributed by atoms with Crippen LogP contribution in [0.5, 0.6) is 11.5 Å². The Kier molecular flexibility index (Phi) is 5.27. The van der Waals surface area contributed by atoms with E-state index in [0.717, 1.165) is 6.07 Å². The molecule has 1 fully saturated rings. The molecule has 0 spiro atoms. The molecule has 1 atom stereocenters. The van der Waals surface area contributed by atoms with E-state index in [-0.39, 0.29) is 17.4 Å². The van der Waals surface area contributed by atoms with E-state index in [1.54, 1.807) is 0 Å². The predicted octanol–water partition coefficient (Wildman–Crippen LogP) is 3.28. The Hall–Kier alpha value is -1.96. The number of rotatable bonds is 4. The molecule has 1 N–H and O–H groups in total. The number of halogens is 3. The Morgan fingerprint density at radius 2 is 2.08 bits per heavy atom. The van der Waals surface area contributed by atoms with Gasteiger partial charge in [-0.1, -0.05) is 0 Å². The van der Waals surface area contributed by atoms with Gasteiger partial charge in [-0.3, -0.25) is 4.79 Å². The van der Waals surface area contributed by atoms with E-state index < -0.39 is 23.6 Å². The van der Waals surface area contributed by atoms with Crippen molar-refractivity contribution in [3.8, 4) is 11.5 Å². The minimum atomic E-state index is -4.88. The zero-order valence-electron chi connectivity index (χ0n) is 13.7. The van der Waals surface area contributed by atoms with Crippen LogP contribution in [0.15, 0.2) is 18.2 Å². The van der Waals surface area contributed by atoms with Gasteiger partial charge in [0.15, 0.2) is 0 Å². The molecule has 24 heavy (non-hydrogen) atoms. The third-order valence-corrected chi connectivity index (χ3v) is 3.69. The van der Waals surface area contributed by atoms with Crippen LogP contribution >= 0.6 is 0 Å². The van der Waals surface area contributed by atoms with E-state index in [9.17, 15) is 18.0 Å². The molecular formula is C16H20F3NO4. The van der Waals surface area contributed by atoms with Crippen LogP contribution in [0.1, 0.15) is 37.0 Å². The summed E-state index contributed by atoms with van der Waals surface area (Å²) in [7, 11) is 1.36. The van der Waals surface area contributed by atoms with Crippen LogP contribution in [0, 0.1) is 0 Å². The largest absolute Gasteiger partial charge is 0.573 e. The van der Waals surface area contributed by atoms with Crippen molar-refractivity contribution < 1.29 is 32.2 Å². The Labute approximate surface area is 138 Å². The van der Waals surface area contributed by atoms with E-state index in [0.29, 0.717) is 19.4 Å². The van der Waals surface area contributed by atoms with Crippen LogP contribution in [0.2, 0.25) is 0 Å². The van der Waals surface area contributed by atoms with Crippen molar-refractivity contribution in [2.24, 2.45) is 0 Å². The van der Waals surface area contributed by atoms with Gasteiger partial charge in [0.25, 0.3) is 5.91 Å². The van der Waals surface area contributed by atoms with Crippen molar-refractivity contribution in [1.29, 1.82) is 0 Å². The molecule has 1 aliphatic heterocycles. The Morgan fingerprint density at radius 1 is 1.38 bits per heavy atom. The number of hydrogen-bond donors (Lipinski definition) is 1. The Bertz CT molecular complexity index is 601. The first kappa shape index (κ1) is 18.4. The van der Waals surface area contributed by atoms with Crippen LogP contribution in [0.4, 0.5) is 13.2 Å². The second kappa shape index (κ2) is 6.88. The number of carbonyl (C=O) groups is 1. The summed E-state index contributed by atoms with van der Waals surface area (Å²) < 4.78 is 52.1. The number of hydrogen-bond acceptors (Lipinski definition) is 4. The first-order chi connectivity index (χ1) is 11.1. The van der Waals surface area contributed by atoms with Gasteiger partial charge in [-0.25, -0.2) is 0 Å². The number of nitrogens with one attached hydrogen (secondary N) is 1. The zero-order valence-corrected chi connectivity index (χ0v) is 13.7. The molecule has 0 aliphatic carbocycles. The first-order valence-corrected chi connectivity index (χ1v) is 7.48. The maximum Gasteiger partial charge on any atom is 0.573 e. The molecule has 1 aromatic carbocycles. The lowest BCUT2D eigenvalue weighted by Crippen LogP contribution is -2.45. The standard InChI is InChI=1S/C16H20F3NO4/c1-15(2)9-10(6-7-23-15)20-14(21)12-8-11(22-3)4-5-13(12)24-16(17,18)19/h4-5,8,10H,6-7,9H2,1-3H3,(H,20,21). The molecule has 1 amide bonds. The third-order valence-electron chi connectivity index (χ3n) is 3.69. The first-order valence-electron chi connectivity index (χ1n) is 7.48. The summed E-state index contributed by atoms with van der Waals surface area (Å²) in [5.41, 5.74) is -0.619. The Morgan fingerprint density at radius 3 is 2.67 bits per heavy atom. The summed E-state index contributed by atoms with van der Waals surface area (Å²) in [6.07, 6.45) is -3.73. The topological polar surface area (TPSA) is 56.8 Å². The van der Waals surface area contributed by atoms with Gasteiger partial charge in [-0.15, -0.1) is 13.2 Å². The van der Waals surface area contributed by atoms with Crippen LogP contribution in [0.25, 0.3) is 0 Å². The fourth-order valence-corrected chi connectivity index (χ4v) is 2.65. The minimum Gasteiger partial charge on any atom is -0.497 e. The molecule has 8 heteroatoms. The SMILES string of the molecule is COc1ccc(OC(F)(F)F)c(C(=O)NC2CCOC(C)(C)C2)c1. The Balaban J connectivity index is 2.20. The average Bonchev–Trinajstić information content (AvgIpc) is 2.44. The van der Waals surface area contributed by atoms with Gasteiger partial charge >= 0.3 is 6.36 Å².